The molecule has 0 fully saturated rings. The molecule has 7 heteroatoms. The highest BCUT2D eigenvalue weighted by molar-refractivity contribution is 6.41. The van der Waals surface area contributed by atoms with Crippen molar-refractivity contribution in [1.82, 2.24) is 10.3 Å². The predicted octanol–water partition coefficient (Wildman–Crippen LogP) is 3.15. The van der Waals surface area contributed by atoms with Gasteiger partial charge in [-0.3, -0.25) is 0 Å². The maximum atomic E-state index is 11.6. The SMILES string of the molecule is CC(C)(C)OC(=O)NC(C=O)c1cnc(Cl)c(Cl)c1. The molecule has 1 aromatic heterocycles. The van der Waals surface area contributed by atoms with Crippen LogP contribution in [0.3, 0.4) is 0 Å². The summed E-state index contributed by atoms with van der Waals surface area (Å²) in [7, 11) is 0. The van der Waals surface area contributed by atoms with Gasteiger partial charge in [-0.25, -0.2) is 9.78 Å². The first-order valence-electron chi connectivity index (χ1n) is 5.48. The Kier molecular flexibility index (Phi) is 5.14. The van der Waals surface area contributed by atoms with Gasteiger partial charge in [0, 0.05) is 11.8 Å². The summed E-state index contributed by atoms with van der Waals surface area (Å²) in [4.78, 5) is 26.4. The van der Waals surface area contributed by atoms with Gasteiger partial charge in [-0.05, 0) is 26.8 Å². The maximum absolute atomic E-state index is 11.6. The van der Waals surface area contributed by atoms with Crippen molar-refractivity contribution >= 4 is 35.6 Å². The van der Waals surface area contributed by atoms with E-state index in [2.05, 4.69) is 10.3 Å². The number of hydrogen-bond donors (Lipinski definition) is 1. The molecule has 1 aromatic rings. The van der Waals surface area contributed by atoms with Crippen molar-refractivity contribution in [2.75, 3.05) is 0 Å². The fraction of sp³-hybridized carbons (Fsp3) is 0.417. The molecule has 0 bridgehead atoms. The molecule has 0 saturated heterocycles. The second-order valence-corrected chi connectivity index (χ2v) is 5.57. The zero-order chi connectivity index (χ0) is 14.6. The lowest BCUT2D eigenvalue weighted by Crippen LogP contribution is -2.35. The molecule has 0 aromatic carbocycles. The molecule has 0 aliphatic heterocycles. The zero-order valence-electron chi connectivity index (χ0n) is 10.7. The van der Waals surface area contributed by atoms with E-state index in [0.717, 1.165) is 0 Å². The number of halogens is 2. The Bertz CT molecular complexity index is 486. The highest BCUT2D eigenvalue weighted by Crippen LogP contribution is 2.22. The van der Waals surface area contributed by atoms with Crippen molar-refractivity contribution < 1.29 is 14.3 Å². The van der Waals surface area contributed by atoms with Crippen LogP contribution in [0.2, 0.25) is 10.2 Å². The second kappa shape index (κ2) is 6.21. The summed E-state index contributed by atoms with van der Waals surface area (Å²) in [5.41, 5.74) is -0.219. The molecule has 1 N–H and O–H groups in total. The molecule has 5 nitrogen and oxygen atoms in total. The van der Waals surface area contributed by atoms with Gasteiger partial charge in [-0.15, -0.1) is 0 Å². The van der Waals surface area contributed by atoms with Crippen molar-refractivity contribution in [3.8, 4) is 0 Å². The molecule has 1 unspecified atom stereocenters. The van der Waals surface area contributed by atoms with Crippen molar-refractivity contribution in [2.24, 2.45) is 0 Å². The molecule has 0 spiro atoms. The van der Waals surface area contributed by atoms with E-state index < -0.39 is 17.7 Å². The van der Waals surface area contributed by atoms with Crippen molar-refractivity contribution in [3.63, 3.8) is 0 Å². The van der Waals surface area contributed by atoms with E-state index in [4.69, 9.17) is 27.9 Å². The van der Waals surface area contributed by atoms with Gasteiger partial charge in [0.25, 0.3) is 0 Å². The zero-order valence-corrected chi connectivity index (χ0v) is 12.2. The van der Waals surface area contributed by atoms with Gasteiger partial charge in [0.2, 0.25) is 0 Å². The van der Waals surface area contributed by atoms with E-state index >= 15 is 0 Å². The van der Waals surface area contributed by atoms with Crippen molar-refractivity contribution in [2.45, 2.75) is 32.4 Å². The predicted molar refractivity (Wildman–Crippen MR) is 72.4 cm³/mol. The molecule has 1 atom stereocenters. The number of pyridine rings is 1. The van der Waals surface area contributed by atoms with Gasteiger partial charge in [-0.1, -0.05) is 23.2 Å². The molecular formula is C12H14Cl2N2O3. The number of hydrogen-bond acceptors (Lipinski definition) is 4. The standard InChI is InChI=1S/C12H14Cl2N2O3/c1-12(2,3)19-11(18)16-9(6-17)7-4-8(13)10(14)15-5-7/h4-6,9H,1-3H3,(H,16,18). The van der Waals surface area contributed by atoms with Crippen LogP contribution in [-0.2, 0) is 9.53 Å². The van der Waals surface area contributed by atoms with Crippen LogP contribution in [0, 0.1) is 0 Å². The first kappa shape index (κ1) is 15.7. The lowest BCUT2D eigenvalue weighted by Gasteiger charge is -2.21. The van der Waals surface area contributed by atoms with Crippen LogP contribution in [0.4, 0.5) is 4.79 Å². The molecule has 0 saturated carbocycles. The van der Waals surface area contributed by atoms with Gasteiger partial charge < -0.3 is 14.8 Å². The minimum atomic E-state index is -0.892. The second-order valence-electron chi connectivity index (χ2n) is 4.80. The molecule has 0 aliphatic rings. The average Bonchev–Trinajstić information content (AvgIpc) is 2.27. The normalized spacial score (nSPS) is 12.7. The molecule has 1 rings (SSSR count). The van der Waals surface area contributed by atoms with Crippen LogP contribution in [-0.4, -0.2) is 23.0 Å². The summed E-state index contributed by atoms with van der Waals surface area (Å²) >= 11 is 11.5. The first-order chi connectivity index (χ1) is 8.73. The van der Waals surface area contributed by atoms with Gasteiger partial charge in [0.05, 0.1) is 5.02 Å². The molecule has 0 radical (unpaired) electrons. The number of nitrogens with zero attached hydrogens (tertiary/aromatic N) is 1. The fourth-order valence-electron chi connectivity index (χ4n) is 1.24. The third-order valence-corrected chi connectivity index (χ3v) is 2.67. The summed E-state index contributed by atoms with van der Waals surface area (Å²) < 4.78 is 5.06. The Morgan fingerprint density at radius 2 is 2.11 bits per heavy atom. The summed E-state index contributed by atoms with van der Waals surface area (Å²) in [6, 6.07) is 0.574. The van der Waals surface area contributed by atoms with Crippen molar-refractivity contribution in [1.29, 1.82) is 0 Å². The van der Waals surface area contributed by atoms with Crippen LogP contribution in [0.1, 0.15) is 32.4 Å². The number of carbonyl (C=O) groups is 2. The number of aromatic nitrogens is 1. The van der Waals surface area contributed by atoms with Crippen LogP contribution < -0.4 is 5.32 Å². The summed E-state index contributed by atoms with van der Waals surface area (Å²) in [6.45, 7) is 5.18. The number of ether oxygens (including phenoxy) is 1. The topological polar surface area (TPSA) is 68.3 Å². The smallest absolute Gasteiger partial charge is 0.408 e. The molecule has 1 heterocycles. The molecule has 19 heavy (non-hydrogen) atoms. The van der Waals surface area contributed by atoms with Gasteiger partial charge in [0.15, 0.2) is 0 Å². The Morgan fingerprint density at radius 1 is 1.47 bits per heavy atom. The van der Waals surface area contributed by atoms with Crippen LogP contribution in [0.25, 0.3) is 0 Å². The van der Waals surface area contributed by atoms with Crippen molar-refractivity contribution in [3.05, 3.63) is 28.0 Å². The van der Waals surface area contributed by atoms with Gasteiger partial charge in [-0.2, -0.15) is 0 Å². The van der Waals surface area contributed by atoms with E-state index in [0.29, 0.717) is 11.8 Å². The summed E-state index contributed by atoms with van der Waals surface area (Å²) in [5.74, 6) is 0. The van der Waals surface area contributed by atoms with E-state index in [1.165, 1.54) is 12.3 Å². The molecular weight excluding hydrogens is 291 g/mol. The molecule has 0 aliphatic carbocycles. The fourth-order valence-corrected chi connectivity index (χ4v) is 1.51. The first-order valence-corrected chi connectivity index (χ1v) is 6.24. The van der Waals surface area contributed by atoms with Gasteiger partial charge in [0.1, 0.15) is 23.1 Å². The highest BCUT2D eigenvalue weighted by Gasteiger charge is 2.20. The van der Waals surface area contributed by atoms with E-state index in [1.807, 2.05) is 0 Å². The number of aldehydes is 1. The van der Waals surface area contributed by atoms with E-state index in [-0.39, 0.29) is 10.2 Å². The largest absolute Gasteiger partial charge is 0.444 e. The Labute approximate surface area is 121 Å². The number of nitrogens with one attached hydrogen (secondary N) is 1. The molecule has 1 amide bonds. The number of carbonyl (C=O) groups excluding carboxylic acids is 2. The average molecular weight is 305 g/mol. The lowest BCUT2D eigenvalue weighted by atomic mass is 10.1. The molecule has 104 valence electrons. The number of rotatable bonds is 3. The lowest BCUT2D eigenvalue weighted by molar-refractivity contribution is -0.109. The maximum Gasteiger partial charge on any atom is 0.408 e. The van der Waals surface area contributed by atoms with Crippen LogP contribution >= 0.6 is 23.2 Å². The monoisotopic (exact) mass is 304 g/mol. The highest BCUT2D eigenvalue weighted by atomic mass is 35.5. The Morgan fingerprint density at radius 3 is 2.58 bits per heavy atom. The minimum absolute atomic E-state index is 0.132. The summed E-state index contributed by atoms with van der Waals surface area (Å²) in [6.07, 6.45) is 1.23. The Balaban J connectivity index is 2.81. The van der Waals surface area contributed by atoms with Crippen LogP contribution in [0.15, 0.2) is 12.3 Å². The summed E-state index contributed by atoms with van der Waals surface area (Å²) in [5, 5.41) is 2.75. The number of amides is 1. The van der Waals surface area contributed by atoms with E-state index in [9.17, 15) is 9.59 Å². The quantitative estimate of drug-likeness (QED) is 0.688. The van der Waals surface area contributed by atoms with E-state index in [1.54, 1.807) is 20.8 Å². The van der Waals surface area contributed by atoms with Crippen LogP contribution in [0.5, 0.6) is 0 Å². The third kappa shape index (κ3) is 5.04. The Hall–Kier alpha value is -1.33. The minimum Gasteiger partial charge on any atom is -0.444 e. The number of alkyl carbamates (subject to hydrolysis) is 1. The third-order valence-electron chi connectivity index (χ3n) is 1.98. The van der Waals surface area contributed by atoms with Gasteiger partial charge >= 0.3 is 6.09 Å².